The average Bonchev–Trinajstić information content (AvgIpc) is 2.67. The summed E-state index contributed by atoms with van der Waals surface area (Å²) >= 11 is 0. The summed E-state index contributed by atoms with van der Waals surface area (Å²) in [5.74, 6) is 0.230. The fraction of sp³-hybridized carbons (Fsp3) is 0.720. The zero-order chi connectivity index (χ0) is 19.8. The highest BCUT2D eigenvalue weighted by atomic mass is 16.1. The van der Waals surface area contributed by atoms with E-state index in [4.69, 9.17) is 0 Å². The van der Waals surface area contributed by atoms with Gasteiger partial charge >= 0.3 is 0 Å². The van der Waals surface area contributed by atoms with Crippen molar-refractivity contribution in [1.82, 2.24) is 5.32 Å². The van der Waals surface area contributed by atoms with Crippen LogP contribution in [0.4, 0.5) is 0 Å². The number of allylic oxidation sites excluding steroid dienone is 6. The number of carbonyl (C=O) groups is 1. The summed E-state index contributed by atoms with van der Waals surface area (Å²) < 4.78 is 0. The molecule has 27 heavy (non-hydrogen) atoms. The van der Waals surface area contributed by atoms with E-state index in [9.17, 15) is 4.79 Å². The molecular weight excluding hydrogens is 330 g/mol. The summed E-state index contributed by atoms with van der Waals surface area (Å²) in [7, 11) is 0. The van der Waals surface area contributed by atoms with Gasteiger partial charge in [-0.05, 0) is 51.4 Å². The Morgan fingerprint density at radius 2 is 1.15 bits per heavy atom. The van der Waals surface area contributed by atoms with Crippen molar-refractivity contribution >= 4 is 5.91 Å². The molecule has 0 bridgehead atoms. The molecule has 156 valence electrons. The Hall–Kier alpha value is -1.31. The van der Waals surface area contributed by atoms with Gasteiger partial charge in [0.25, 0.3) is 0 Å². The second-order valence-electron chi connectivity index (χ2n) is 7.39. The van der Waals surface area contributed by atoms with E-state index in [1.54, 1.807) is 0 Å². The van der Waals surface area contributed by atoms with Crippen LogP contribution in [0.5, 0.6) is 0 Å². The Morgan fingerprint density at radius 3 is 1.78 bits per heavy atom. The van der Waals surface area contributed by atoms with Gasteiger partial charge in [-0.3, -0.25) is 4.79 Å². The molecule has 0 aliphatic heterocycles. The predicted octanol–water partition coefficient (Wildman–Crippen LogP) is 7.66. The van der Waals surface area contributed by atoms with Crippen LogP contribution in [0.3, 0.4) is 0 Å². The molecule has 1 N–H and O–H groups in total. The molecule has 0 heterocycles. The zero-order valence-corrected chi connectivity index (χ0v) is 18.2. The van der Waals surface area contributed by atoms with Crippen molar-refractivity contribution in [2.45, 2.75) is 110 Å². The van der Waals surface area contributed by atoms with Crippen LogP contribution in [0.2, 0.25) is 0 Å². The molecule has 2 heteroatoms. The van der Waals surface area contributed by atoms with Crippen molar-refractivity contribution in [3.63, 3.8) is 0 Å². The number of amides is 1. The molecule has 0 atom stereocenters. The Labute approximate surface area is 169 Å². The number of hydrogen-bond acceptors (Lipinski definition) is 1. The van der Waals surface area contributed by atoms with Crippen LogP contribution in [-0.4, -0.2) is 12.5 Å². The molecule has 0 fully saturated rings. The Kier molecular flexibility index (Phi) is 21.6. The Morgan fingerprint density at radius 1 is 0.630 bits per heavy atom. The van der Waals surface area contributed by atoms with Crippen LogP contribution < -0.4 is 5.32 Å². The highest BCUT2D eigenvalue weighted by Gasteiger charge is 1.99. The normalized spacial score (nSPS) is 11.9. The number of hydrogen-bond donors (Lipinski definition) is 1. The fourth-order valence-electron chi connectivity index (χ4n) is 2.88. The van der Waals surface area contributed by atoms with E-state index in [-0.39, 0.29) is 5.91 Å². The van der Waals surface area contributed by atoms with E-state index in [1.807, 2.05) is 0 Å². The largest absolute Gasteiger partial charge is 0.356 e. The smallest absolute Gasteiger partial charge is 0.219 e. The minimum atomic E-state index is 0.230. The van der Waals surface area contributed by atoms with Crippen LogP contribution in [0, 0.1) is 0 Å². The summed E-state index contributed by atoms with van der Waals surface area (Å²) in [6.45, 7) is 5.28. The van der Waals surface area contributed by atoms with E-state index >= 15 is 0 Å². The van der Waals surface area contributed by atoms with Crippen molar-refractivity contribution in [2.75, 3.05) is 6.54 Å². The molecule has 0 aliphatic rings. The maximum atomic E-state index is 11.6. The molecule has 0 aliphatic carbocycles. The minimum Gasteiger partial charge on any atom is -0.356 e. The van der Waals surface area contributed by atoms with Gasteiger partial charge in [0.15, 0.2) is 0 Å². The standard InChI is InChI=1S/C25H45NO/c1-3-5-7-8-9-10-11-12-13-14-15-16-17-18-19-20-21-23-25(27)26-24-22-6-4-2/h9-10,12-13,15-16H,3-8,11,14,17-24H2,1-2H3,(H,26,27)/b10-9-,13-12-,16-15-. The van der Waals surface area contributed by atoms with Gasteiger partial charge in [-0.2, -0.15) is 0 Å². The van der Waals surface area contributed by atoms with Gasteiger partial charge in [0.1, 0.15) is 0 Å². The molecule has 0 unspecified atom stereocenters. The lowest BCUT2D eigenvalue weighted by atomic mass is 10.1. The summed E-state index contributed by atoms with van der Waals surface area (Å²) in [4.78, 5) is 11.6. The molecule has 0 saturated heterocycles. The topological polar surface area (TPSA) is 29.1 Å². The third-order valence-corrected chi connectivity index (χ3v) is 4.65. The van der Waals surface area contributed by atoms with Gasteiger partial charge in [0, 0.05) is 13.0 Å². The lowest BCUT2D eigenvalue weighted by Gasteiger charge is -2.04. The van der Waals surface area contributed by atoms with Crippen molar-refractivity contribution in [1.29, 1.82) is 0 Å². The highest BCUT2D eigenvalue weighted by molar-refractivity contribution is 5.75. The molecule has 2 nitrogen and oxygen atoms in total. The van der Waals surface area contributed by atoms with Crippen LogP contribution in [0.25, 0.3) is 0 Å². The SMILES string of the molecule is CCCCC/C=C\C/C=C\C/C=C\CCCCCCC(=O)NCCCCC. The first-order valence-electron chi connectivity index (χ1n) is 11.5. The second-order valence-corrected chi connectivity index (χ2v) is 7.39. The van der Waals surface area contributed by atoms with Gasteiger partial charge in [-0.25, -0.2) is 0 Å². The molecule has 0 radical (unpaired) electrons. The molecule has 0 spiro atoms. The van der Waals surface area contributed by atoms with Gasteiger partial charge in [0.05, 0.1) is 0 Å². The van der Waals surface area contributed by atoms with Crippen molar-refractivity contribution in [3.05, 3.63) is 36.5 Å². The molecule has 0 aromatic carbocycles. The van der Waals surface area contributed by atoms with E-state index in [1.165, 1.54) is 57.8 Å². The van der Waals surface area contributed by atoms with Crippen LogP contribution in [-0.2, 0) is 4.79 Å². The van der Waals surface area contributed by atoms with Crippen LogP contribution in [0.1, 0.15) is 110 Å². The van der Waals surface area contributed by atoms with E-state index in [2.05, 4.69) is 55.6 Å². The Bertz CT molecular complexity index is 395. The quantitative estimate of drug-likeness (QED) is 0.182. The first kappa shape index (κ1) is 25.7. The summed E-state index contributed by atoms with van der Waals surface area (Å²) in [5, 5.41) is 3.01. The minimum absolute atomic E-state index is 0.230. The number of nitrogens with one attached hydrogen (secondary N) is 1. The first-order valence-corrected chi connectivity index (χ1v) is 11.5. The summed E-state index contributed by atoms with van der Waals surface area (Å²) in [6.07, 6.45) is 31.0. The third kappa shape index (κ3) is 22.6. The maximum Gasteiger partial charge on any atom is 0.219 e. The third-order valence-electron chi connectivity index (χ3n) is 4.65. The predicted molar refractivity (Wildman–Crippen MR) is 121 cm³/mol. The molecule has 1 amide bonds. The van der Waals surface area contributed by atoms with E-state index in [0.29, 0.717) is 6.42 Å². The summed E-state index contributed by atoms with van der Waals surface area (Å²) in [6, 6.07) is 0. The van der Waals surface area contributed by atoms with E-state index in [0.717, 1.165) is 38.6 Å². The van der Waals surface area contributed by atoms with Crippen LogP contribution >= 0.6 is 0 Å². The molecule has 0 rings (SSSR count). The van der Waals surface area contributed by atoms with Crippen molar-refractivity contribution in [2.24, 2.45) is 0 Å². The zero-order valence-electron chi connectivity index (χ0n) is 18.2. The molecule has 0 aromatic rings. The Balaban J connectivity index is 3.33. The second kappa shape index (κ2) is 22.7. The highest BCUT2D eigenvalue weighted by Crippen LogP contribution is 2.06. The monoisotopic (exact) mass is 375 g/mol. The molecule has 0 saturated carbocycles. The van der Waals surface area contributed by atoms with Gasteiger partial charge in [-0.1, -0.05) is 88.8 Å². The fourth-order valence-corrected chi connectivity index (χ4v) is 2.88. The number of unbranched alkanes of at least 4 members (excludes halogenated alkanes) is 9. The molecule has 0 aromatic heterocycles. The summed E-state index contributed by atoms with van der Waals surface area (Å²) in [5.41, 5.74) is 0. The van der Waals surface area contributed by atoms with Gasteiger partial charge in [-0.15, -0.1) is 0 Å². The maximum absolute atomic E-state index is 11.6. The first-order chi connectivity index (χ1) is 13.3. The van der Waals surface area contributed by atoms with Crippen molar-refractivity contribution in [3.8, 4) is 0 Å². The van der Waals surface area contributed by atoms with E-state index < -0.39 is 0 Å². The average molecular weight is 376 g/mol. The van der Waals surface area contributed by atoms with Gasteiger partial charge < -0.3 is 5.32 Å². The lowest BCUT2D eigenvalue weighted by Crippen LogP contribution is -2.23. The number of rotatable bonds is 19. The lowest BCUT2D eigenvalue weighted by molar-refractivity contribution is -0.121. The van der Waals surface area contributed by atoms with Crippen LogP contribution in [0.15, 0.2) is 36.5 Å². The van der Waals surface area contributed by atoms with Gasteiger partial charge in [0.2, 0.25) is 5.91 Å². The number of carbonyl (C=O) groups excluding carboxylic acids is 1. The molecular formula is C25H45NO. The van der Waals surface area contributed by atoms with Crippen molar-refractivity contribution < 1.29 is 4.79 Å².